The summed E-state index contributed by atoms with van der Waals surface area (Å²) < 4.78 is 58.9. The summed E-state index contributed by atoms with van der Waals surface area (Å²) in [5.74, 6) is -1.92. The van der Waals surface area contributed by atoms with Crippen LogP contribution in [0.5, 0.6) is 0 Å². The SMILES string of the molecule is O=C(N1CC=C[C@@H](OCc2ccccc2)[C@H](OCc2ccccc2)[C@@H](OCc2ccccc2)C1)C(F)(F)F. The van der Waals surface area contributed by atoms with Crippen LogP contribution >= 0.6 is 0 Å². The Labute approximate surface area is 220 Å². The molecule has 8 heteroatoms. The van der Waals surface area contributed by atoms with Crippen LogP contribution in [0.4, 0.5) is 13.2 Å². The van der Waals surface area contributed by atoms with E-state index >= 15 is 0 Å². The van der Waals surface area contributed by atoms with E-state index in [4.69, 9.17) is 14.2 Å². The zero-order valence-corrected chi connectivity index (χ0v) is 20.8. The first-order chi connectivity index (χ1) is 18.4. The van der Waals surface area contributed by atoms with Crippen LogP contribution < -0.4 is 0 Å². The molecule has 0 radical (unpaired) electrons. The van der Waals surface area contributed by atoms with Crippen LogP contribution in [-0.2, 0) is 38.8 Å². The maximum Gasteiger partial charge on any atom is 0.471 e. The number of hydrogen-bond donors (Lipinski definition) is 0. The molecule has 200 valence electrons. The fourth-order valence-corrected chi connectivity index (χ4v) is 4.20. The summed E-state index contributed by atoms with van der Waals surface area (Å²) in [6, 6.07) is 28.3. The Morgan fingerprint density at radius 1 is 0.737 bits per heavy atom. The average Bonchev–Trinajstić information content (AvgIpc) is 2.92. The molecule has 1 aliphatic rings. The highest BCUT2D eigenvalue weighted by Gasteiger charge is 2.44. The third-order valence-electron chi connectivity index (χ3n) is 6.15. The van der Waals surface area contributed by atoms with Gasteiger partial charge in [-0.25, -0.2) is 0 Å². The normalized spacial score (nSPS) is 20.1. The van der Waals surface area contributed by atoms with Crippen LogP contribution in [0.3, 0.4) is 0 Å². The van der Waals surface area contributed by atoms with Crippen LogP contribution in [0.15, 0.2) is 103 Å². The van der Waals surface area contributed by atoms with Crippen molar-refractivity contribution in [2.75, 3.05) is 13.1 Å². The van der Waals surface area contributed by atoms with E-state index < -0.39 is 30.4 Å². The maximum absolute atomic E-state index is 13.4. The van der Waals surface area contributed by atoms with Gasteiger partial charge in [0.2, 0.25) is 0 Å². The van der Waals surface area contributed by atoms with Crippen molar-refractivity contribution >= 4 is 5.91 Å². The van der Waals surface area contributed by atoms with Crippen molar-refractivity contribution in [2.24, 2.45) is 0 Å². The lowest BCUT2D eigenvalue weighted by atomic mass is 10.0. The van der Waals surface area contributed by atoms with Crippen LogP contribution in [-0.4, -0.2) is 48.4 Å². The Bertz CT molecular complexity index is 1160. The first-order valence-electron chi connectivity index (χ1n) is 12.4. The molecule has 3 aromatic rings. The van der Waals surface area contributed by atoms with Crippen molar-refractivity contribution in [3.63, 3.8) is 0 Å². The average molecular weight is 526 g/mol. The van der Waals surface area contributed by atoms with E-state index in [0.29, 0.717) is 0 Å². The molecule has 0 N–H and O–H groups in total. The van der Waals surface area contributed by atoms with E-state index in [9.17, 15) is 18.0 Å². The highest BCUT2D eigenvalue weighted by atomic mass is 19.4. The van der Waals surface area contributed by atoms with Gasteiger partial charge >= 0.3 is 12.1 Å². The third kappa shape index (κ3) is 8.02. The summed E-state index contributed by atoms with van der Waals surface area (Å²) in [5, 5.41) is 0. The first-order valence-corrected chi connectivity index (χ1v) is 12.4. The summed E-state index contributed by atoms with van der Waals surface area (Å²) in [6.45, 7) is 0.0841. The predicted octanol–water partition coefficient (Wildman–Crippen LogP) is 5.70. The molecule has 38 heavy (non-hydrogen) atoms. The minimum Gasteiger partial charge on any atom is -0.369 e. The van der Waals surface area contributed by atoms with Gasteiger partial charge in [-0.3, -0.25) is 4.79 Å². The molecule has 4 rings (SSSR count). The standard InChI is InChI=1S/C30H30F3NO4/c31-30(32,33)29(35)34-18-10-17-26(36-20-23-11-4-1-5-12-23)28(38-22-25-15-8-3-9-16-25)27(19-34)37-21-24-13-6-2-7-14-24/h1-17,26-28H,18-22H2/t26-,27+,28+/m1/s1. The van der Waals surface area contributed by atoms with E-state index in [1.54, 1.807) is 6.08 Å². The molecular weight excluding hydrogens is 495 g/mol. The summed E-state index contributed by atoms with van der Waals surface area (Å²) in [7, 11) is 0. The van der Waals surface area contributed by atoms with Crippen LogP contribution in [0.1, 0.15) is 16.7 Å². The molecule has 1 heterocycles. The number of ether oxygens (including phenoxy) is 3. The Morgan fingerprint density at radius 3 is 1.71 bits per heavy atom. The molecule has 3 atom stereocenters. The minimum absolute atomic E-state index is 0.139. The number of rotatable bonds is 9. The van der Waals surface area contributed by atoms with E-state index in [2.05, 4.69) is 0 Å². The van der Waals surface area contributed by atoms with E-state index in [-0.39, 0.29) is 32.9 Å². The second kappa shape index (κ2) is 13.4. The number of amides is 1. The smallest absolute Gasteiger partial charge is 0.369 e. The molecule has 0 fully saturated rings. The van der Waals surface area contributed by atoms with Gasteiger partial charge in [0.15, 0.2) is 0 Å². The third-order valence-corrected chi connectivity index (χ3v) is 6.15. The second-order valence-corrected chi connectivity index (χ2v) is 8.99. The number of alkyl halides is 3. The largest absolute Gasteiger partial charge is 0.471 e. The number of benzene rings is 3. The number of halogens is 3. The van der Waals surface area contributed by atoms with Gasteiger partial charge in [-0.1, -0.05) is 103 Å². The van der Waals surface area contributed by atoms with Gasteiger partial charge in [0.05, 0.1) is 26.4 Å². The molecule has 3 aromatic carbocycles. The van der Waals surface area contributed by atoms with Crippen LogP contribution in [0, 0.1) is 0 Å². The minimum atomic E-state index is -5.00. The van der Waals surface area contributed by atoms with E-state index in [0.717, 1.165) is 21.6 Å². The Kier molecular flexibility index (Phi) is 9.70. The van der Waals surface area contributed by atoms with Crippen molar-refractivity contribution in [1.29, 1.82) is 0 Å². The fraction of sp³-hybridized carbons (Fsp3) is 0.300. The van der Waals surface area contributed by atoms with Gasteiger partial charge in [-0.05, 0) is 16.7 Å². The van der Waals surface area contributed by atoms with Crippen molar-refractivity contribution in [1.82, 2.24) is 4.90 Å². The quantitative estimate of drug-likeness (QED) is 0.336. The number of nitrogens with zero attached hydrogens (tertiary/aromatic N) is 1. The van der Waals surface area contributed by atoms with Gasteiger partial charge in [-0.15, -0.1) is 0 Å². The fourth-order valence-electron chi connectivity index (χ4n) is 4.20. The highest BCUT2D eigenvalue weighted by molar-refractivity contribution is 5.82. The molecule has 0 aliphatic carbocycles. The topological polar surface area (TPSA) is 48.0 Å². The lowest BCUT2D eigenvalue weighted by molar-refractivity contribution is -0.191. The Morgan fingerprint density at radius 2 is 1.21 bits per heavy atom. The molecule has 0 unspecified atom stereocenters. The molecule has 0 saturated carbocycles. The van der Waals surface area contributed by atoms with Crippen molar-refractivity contribution in [3.05, 3.63) is 120 Å². The number of carbonyl (C=O) groups is 1. The predicted molar refractivity (Wildman–Crippen MR) is 137 cm³/mol. The van der Waals surface area contributed by atoms with Crippen molar-refractivity contribution in [2.45, 2.75) is 44.3 Å². The molecule has 0 bridgehead atoms. The summed E-state index contributed by atoms with van der Waals surface area (Å²) in [4.78, 5) is 13.0. The first kappa shape index (κ1) is 27.6. The zero-order chi connectivity index (χ0) is 26.8. The van der Waals surface area contributed by atoms with Gasteiger partial charge in [0.25, 0.3) is 0 Å². The summed E-state index contributed by atoms with van der Waals surface area (Å²) in [6.07, 6.45) is -4.12. The lowest BCUT2D eigenvalue weighted by Crippen LogP contribution is -2.52. The molecule has 0 aromatic heterocycles. The summed E-state index contributed by atoms with van der Waals surface area (Å²) >= 11 is 0. The van der Waals surface area contributed by atoms with Crippen LogP contribution in [0.25, 0.3) is 0 Å². The van der Waals surface area contributed by atoms with Gasteiger partial charge in [0.1, 0.15) is 18.3 Å². The van der Waals surface area contributed by atoms with Crippen molar-refractivity contribution in [3.8, 4) is 0 Å². The number of hydrogen-bond acceptors (Lipinski definition) is 4. The van der Waals surface area contributed by atoms with Crippen LogP contribution in [0.2, 0.25) is 0 Å². The molecular formula is C30H30F3NO4. The Balaban J connectivity index is 1.62. The maximum atomic E-state index is 13.4. The Hall–Kier alpha value is -3.46. The highest BCUT2D eigenvalue weighted by Crippen LogP contribution is 2.25. The van der Waals surface area contributed by atoms with Crippen molar-refractivity contribution < 1.29 is 32.2 Å². The lowest BCUT2D eigenvalue weighted by Gasteiger charge is -2.37. The van der Waals surface area contributed by atoms with Gasteiger partial charge < -0.3 is 19.1 Å². The molecule has 0 spiro atoms. The molecule has 0 saturated heterocycles. The van der Waals surface area contributed by atoms with Gasteiger partial charge in [-0.2, -0.15) is 13.2 Å². The molecule has 1 amide bonds. The van der Waals surface area contributed by atoms with E-state index in [1.807, 2.05) is 91.0 Å². The molecule has 1 aliphatic heterocycles. The monoisotopic (exact) mass is 525 g/mol. The van der Waals surface area contributed by atoms with E-state index in [1.165, 1.54) is 6.08 Å². The zero-order valence-electron chi connectivity index (χ0n) is 20.8. The summed E-state index contributed by atoms with van der Waals surface area (Å²) in [5.41, 5.74) is 2.69. The number of carbonyl (C=O) groups excluding carboxylic acids is 1. The molecule has 5 nitrogen and oxygen atoms in total. The van der Waals surface area contributed by atoms with Gasteiger partial charge in [0, 0.05) is 6.54 Å². The second-order valence-electron chi connectivity index (χ2n) is 8.99.